The molecule has 2 amide bonds. The van der Waals surface area contributed by atoms with Crippen LogP contribution in [0.5, 0.6) is 0 Å². The van der Waals surface area contributed by atoms with Gasteiger partial charge in [0.15, 0.2) is 0 Å². The average Bonchev–Trinajstić information content (AvgIpc) is 2.30. The number of alkyl halides is 3. The zero-order valence-electron chi connectivity index (χ0n) is 10.9. The molecule has 0 saturated carbocycles. The molecule has 0 rings (SSSR count). The van der Waals surface area contributed by atoms with Crippen LogP contribution in [-0.2, 0) is 4.74 Å². The van der Waals surface area contributed by atoms with Crippen LogP contribution in [0.1, 0.15) is 26.2 Å². The topological polar surface area (TPSA) is 70.6 Å². The lowest BCUT2D eigenvalue weighted by Gasteiger charge is -2.19. The number of hydrogen-bond acceptors (Lipinski definition) is 3. The highest BCUT2D eigenvalue weighted by molar-refractivity contribution is 5.74. The Bertz CT molecular complexity index is 250. The molecule has 0 saturated heterocycles. The Hall–Kier alpha value is -1.02. The van der Waals surface area contributed by atoms with Gasteiger partial charge in [-0.2, -0.15) is 13.2 Å². The molecule has 0 radical (unpaired) electrons. The highest BCUT2D eigenvalue weighted by atomic mass is 19.4. The van der Waals surface area contributed by atoms with Crippen molar-refractivity contribution in [2.24, 2.45) is 0 Å². The van der Waals surface area contributed by atoms with Crippen LogP contribution in [0.25, 0.3) is 0 Å². The molecular weight excluding hydrogens is 265 g/mol. The van der Waals surface area contributed by atoms with E-state index >= 15 is 0 Å². The van der Waals surface area contributed by atoms with E-state index in [0.29, 0.717) is 6.54 Å². The molecular formula is C11H21F3N2O3. The maximum absolute atomic E-state index is 12.2. The quantitative estimate of drug-likeness (QED) is 0.561. The molecule has 0 fully saturated rings. The Labute approximate surface area is 110 Å². The van der Waals surface area contributed by atoms with Crippen LogP contribution in [0, 0.1) is 0 Å². The van der Waals surface area contributed by atoms with Crippen molar-refractivity contribution < 1.29 is 27.8 Å². The van der Waals surface area contributed by atoms with E-state index in [4.69, 9.17) is 9.84 Å². The number of nitrogens with one attached hydrogen (secondary N) is 2. The second-order valence-corrected chi connectivity index (χ2v) is 3.98. The normalized spacial score (nSPS) is 13.1. The summed E-state index contributed by atoms with van der Waals surface area (Å²) in [7, 11) is 0. The van der Waals surface area contributed by atoms with Crippen molar-refractivity contribution in [1.82, 2.24) is 10.6 Å². The van der Waals surface area contributed by atoms with Crippen molar-refractivity contribution in [3.63, 3.8) is 0 Å². The number of rotatable bonds is 9. The van der Waals surface area contributed by atoms with Gasteiger partial charge in [-0.05, 0) is 19.8 Å². The lowest BCUT2D eigenvalue weighted by molar-refractivity contribution is -0.136. The number of halogens is 3. The van der Waals surface area contributed by atoms with Gasteiger partial charge in [0.25, 0.3) is 0 Å². The molecule has 8 heteroatoms. The SMILES string of the molecule is CCNC(=O)NC(CCOCCO)CCC(F)(F)F. The monoisotopic (exact) mass is 286 g/mol. The van der Waals surface area contributed by atoms with Gasteiger partial charge in [-0.25, -0.2) is 4.79 Å². The number of aliphatic hydroxyl groups excluding tert-OH is 1. The summed E-state index contributed by atoms with van der Waals surface area (Å²) in [4.78, 5) is 11.3. The van der Waals surface area contributed by atoms with Gasteiger partial charge in [-0.15, -0.1) is 0 Å². The smallest absolute Gasteiger partial charge is 0.389 e. The van der Waals surface area contributed by atoms with Gasteiger partial charge in [0, 0.05) is 25.6 Å². The fraction of sp³-hybridized carbons (Fsp3) is 0.909. The molecule has 114 valence electrons. The first-order chi connectivity index (χ1) is 8.89. The number of urea groups is 1. The predicted octanol–water partition coefficient (Wildman–Crippen LogP) is 1.42. The Balaban J connectivity index is 4.10. The van der Waals surface area contributed by atoms with Crippen LogP contribution in [0.3, 0.4) is 0 Å². The summed E-state index contributed by atoms with van der Waals surface area (Å²) in [5.41, 5.74) is 0. The Morgan fingerprint density at radius 3 is 2.53 bits per heavy atom. The number of carbonyl (C=O) groups is 1. The number of amides is 2. The van der Waals surface area contributed by atoms with Gasteiger partial charge in [-0.3, -0.25) is 0 Å². The maximum atomic E-state index is 12.2. The Kier molecular flexibility index (Phi) is 9.32. The van der Waals surface area contributed by atoms with E-state index in [1.54, 1.807) is 6.92 Å². The minimum absolute atomic E-state index is 0.132. The first-order valence-electron chi connectivity index (χ1n) is 6.18. The minimum atomic E-state index is -4.24. The molecule has 0 bridgehead atoms. The summed E-state index contributed by atoms with van der Waals surface area (Å²) < 4.78 is 41.4. The van der Waals surface area contributed by atoms with E-state index in [9.17, 15) is 18.0 Å². The van der Waals surface area contributed by atoms with E-state index in [1.165, 1.54) is 0 Å². The van der Waals surface area contributed by atoms with E-state index in [2.05, 4.69) is 10.6 Å². The van der Waals surface area contributed by atoms with Gasteiger partial charge < -0.3 is 20.5 Å². The third-order valence-electron chi connectivity index (χ3n) is 2.30. The molecule has 0 aromatic carbocycles. The van der Waals surface area contributed by atoms with E-state index in [1.807, 2.05) is 0 Å². The van der Waals surface area contributed by atoms with E-state index < -0.39 is 24.7 Å². The zero-order valence-corrected chi connectivity index (χ0v) is 10.9. The van der Waals surface area contributed by atoms with Crippen molar-refractivity contribution in [2.75, 3.05) is 26.4 Å². The van der Waals surface area contributed by atoms with Gasteiger partial charge in [0.05, 0.1) is 13.2 Å². The predicted molar refractivity (Wildman–Crippen MR) is 63.8 cm³/mol. The average molecular weight is 286 g/mol. The molecule has 0 aromatic rings. The van der Waals surface area contributed by atoms with Crippen LogP contribution >= 0.6 is 0 Å². The highest BCUT2D eigenvalue weighted by Gasteiger charge is 2.28. The summed E-state index contributed by atoms with van der Waals surface area (Å²) in [6, 6.07) is -1.09. The summed E-state index contributed by atoms with van der Waals surface area (Å²) >= 11 is 0. The second kappa shape index (κ2) is 9.85. The standard InChI is InChI=1S/C11H21F3N2O3/c1-2-15-10(18)16-9(3-5-11(12,13)14)4-7-19-8-6-17/h9,17H,2-8H2,1H3,(H2,15,16,18). The summed E-state index contributed by atoms with van der Waals surface area (Å²) in [6.07, 6.45) is -5.12. The van der Waals surface area contributed by atoms with Crippen LogP contribution in [0.2, 0.25) is 0 Å². The van der Waals surface area contributed by atoms with Crippen LogP contribution in [0.15, 0.2) is 0 Å². The summed E-state index contributed by atoms with van der Waals surface area (Å²) in [6.45, 7) is 2.30. The summed E-state index contributed by atoms with van der Waals surface area (Å²) in [5.74, 6) is 0. The lowest BCUT2D eigenvalue weighted by Crippen LogP contribution is -2.43. The van der Waals surface area contributed by atoms with E-state index in [0.717, 1.165) is 0 Å². The molecule has 3 N–H and O–H groups in total. The van der Waals surface area contributed by atoms with Crippen molar-refractivity contribution in [3.05, 3.63) is 0 Å². The lowest BCUT2D eigenvalue weighted by atomic mass is 10.1. The minimum Gasteiger partial charge on any atom is -0.394 e. The molecule has 1 atom stereocenters. The first-order valence-corrected chi connectivity index (χ1v) is 6.18. The molecule has 0 aliphatic carbocycles. The van der Waals surface area contributed by atoms with Gasteiger partial charge in [0.1, 0.15) is 0 Å². The van der Waals surface area contributed by atoms with E-state index in [-0.39, 0.29) is 32.7 Å². The number of hydrogen-bond donors (Lipinski definition) is 3. The molecule has 0 spiro atoms. The molecule has 1 unspecified atom stereocenters. The van der Waals surface area contributed by atoms with Crippen molar-refractivity contribution >= 4 is 6.03 Å². The summed E-state index contributed by atoms with van der Waals surface area (Å²) in [5, 5.41) is 13.4. The zero-order chi connectivity index (χ0) is 14.7. The largest absolute Gasteiger partial charge is 0.394 e. The fourth-order valence-corrected chi connectivity index (χ4v) is 1.42. The number of carbonyl (C=O) groups excluding carboxylic acids is 1. The number of ether oxygens (including phenoxy) is 1. The van der Waals surface area contributed by atoms with Gasteiger partial charge >= 0.3 is 12.2 Å². The van der Waals surface area contributed by atoms with Crippen molar-refractivity contribution in [3.8, 4) is 0 Å². The van der Waals surface area contributed by atoms with Crippen LogP contribution < -0.4 is 10.6 Å². The second-order valence-electron chi connectivity index (χ2n) is 3.98. The Morgan fingerprint density at radius 1 is 1.32 bits per heavy atom. The first kappa shape index (κ1) is 18.0. The molecule has 0 aliphatic rings. The van der Waals surface area contributed by atoms with Gasteiger partial charge in [0.2, 0.25) is 0 Å². The highest BCUT2D eigenvalue weighted by Crippen LogP contribution is 2.22. The fourth-order valence-electron chi connectivity index (χ4n) is 1.42. The van der Waals surface area contributed by atoms with Crippen LogP contribution in [0.4, 0.5) is 18.0 Å². The van der Waals surface area contributed by atoms with Gasteiger partial charge in [-0.1, -0.05) is 0 Å². The maximum Gasteiger partial charge on any atom is 0.389 e. The number of aliphatic hydroxyl groups is 1. The molecule has 19 heavy (non-hydrogen) atoms. The van der Waals surface area contributed by atoms with Crippen molar-refractivity contribution in [1.29, 1.82) is 0 Å². The third kappa shape index (κ3) is 11.8. The Morgan fingerprint density at radius 2 is 2.00 bits per heavy atom. The van der Waals surface area contributed by atoms with Crippen molar-refractivity contribution in [2.45, 2.75) is 38.4 Å². The molecule has 5 nitrogen and oxygen atoms in total. The molecule has 0 aliphatic heterocycles. The third-order valence-corrected chi connectivity index (χ3v) is 2.30. The molecule has 0 heterocycles. The molecule has 0 aromatic heterocycles. The van der Waals surface area contributed by atoms with Crippen LogP contribution in [-0.4, -0.2) is 49.7 Å².